The molecule has 0 radical (unpaired) electrons. The number of unbranched alkanes of at least 4 members (excludes halogenated alkanes) is 6. The minimum Gasteiger partial charge on any atom is -0.396 e. The van der Waals surface area contributed by atoms with Gasteiger partial charge >= 0.3 is 0 Å². The molecular formula is C15H32BrNO. The van der Waals surface area contributed by atoms with Crippen molar-refractivity contribution < 1.29 is 5.11 Å². The van der Waals surface area contributed by atoms with Crippen molar-refractivity contribution in [3.8, 4) is 0 Å². The van der Waals surface area contributed by atoms with Crippen molar-refractivity contribution in [1.29, 1.82) is 0 Å². The second-order valence-corrected chi connectivity index (χ2v) is 6.16. The standard InChI is InChI=1S/C15H32BrNO/c1-15(2)17(13-10-14-18)12-9-7-5-3-4-6-8-11-16/h15,18H,3-14H2,1-2H3. The first-order valence-corrected chi connectivity index (χ1v) is 8.75. The molecule has 2 nitrogen and oxygen atoms in total. The fourth-order valence-electron chi connectivity index (χ4n) is 2.20. The first-order valence-electron chi connectivity index (χ1n) is 7.63. The number of halogens is 1. The van der Waals surface area contributed by atoms with Gasteiger partial charge in [-0.1, -0.05) is 48.0 Å². The Kier molecular flexibility index (Phi) is 14.1. The maximum atomic E-state index is 8.88. The second-order valence-electron chi connectivity index (χ2n) is 5.37. The van der Waals surface area contributed by atoms with Gasteiger partial charge in [-0.2, -0.15) is 0 Å². The zero-order chi connectivity index (χ0) is 13.6. The number of hydrogen-bond donors (Lipinski definition) is 1. The summed E-state index contributed by atoms with van der Waals surface area (Å²) < 4.78 is 0. The molecule has 0 saturated heterocycles. The highest BCUT2D eigenvalue weighted by Gasteiger charge is 2.07. The quantitative estimate of drug-likeness (QED) is 0.406. The summed E-state index contributed by atoms with van der Waals surface area (Å²) in [6, 6.07) is 0.607. The maximum Gasteiger partial charge on any atom is 0.0443 e. The smallest absolute Gasteiger partial charge is 0.0443 e. The summed E-state index contributed by atoms with van der Waals surface area (Å²) in [5.41, 5.74) is 0. The maximum absolute atomic E-state index is 8.88. The highest BCUT2D eigenvalue weighted by molar-refractivity contribution is 9.09. The van der Waals surface area contributed by atoms with Crippen molar-refractivity contribution in [1.82, 2.24) is 4.90 Å². The van der Waals surface area contributed by atoms with Gasteiger partial charge in [-0.3, -0.25) is 0 Å². The second kappa shape index (κ2) is 13.8. The normalized spacial score (nSPS) is 11.7. The van der Waals surface area contributed by atoms with Crippen molar-refractivity contribution in [3.05, 3.63) is 0 Å². The lowest BCUT2D eigenvalue weighted by molar-refractivity contribution is 0.188. The van der Waals surface area contributed by atoms with E-state index in [-0.39, 0.29) is 0 Å². The molecule has 0 unspecified atom stereocenters. The molecule has 0 heterocycles. The largest absolute Gasteiger partial charge is 0.396 e. The van der Waals surface area contributed by atoms with E-state index in [1.165, 1.54) is 51.5 Å². The SMILES string of the molecule is CC(C)N(CCCO)CCCCCCCCCBr. The van der Waals surface area contributed by atoms with Gasteiger partial charge in [0, 0.05) is 24.5 Å². The number of alkyl halides is 1. The van der Waals surface area contributed by atoms with Crippen LogP contribution in [0, 0.1) is 0 Å². The molecular weight excluding hydrogens is 290 g/mol. The molecule has 0 aromatic heterocycles. The van der Waals surface area contributed by atoms with E-state index < -0.39 is 0 Å². The minimum absolute atomic E-state index is 0.316. The van der Waals surface area contributed by atoms with E-state index in [4.69, 9.17) is 5.11 Å². The van der Waals surface area contributed by atoms with Crippen molar-refractivity contribution in [2.45, 2.75) is 71.3 Å². The Labute approximate surface area is 122 Å². The third kappa shape index (κ3) is 11.5. The zero-order valence-corrected chi connectivity index (χ0v) is 13.9. The van der Waals surface area contributed by atoms with E-state index in [1.807, 2.05) is 0 Å². The summed E-state index contributed by atoms with van der Waals surface area (Å²) in [6.07, 6.45) is 10.4. The van der Waals surface area contributed by atoms with Gasteiger partial charge in [0.15, 0.2) is 0 Å². The fraction of sp³-hybridized carbons (Fsp3) is 1.00. The van der Waals surface area contributed by atoms with Crippen LogP contribution in [0.15, 0.2) is 0 Å². The van der Waals surface area contributed by atoms with Crippen LogP contribution in [0.25, 0.3) is 0 Å². The lowest BCUT2D eigenvalue weighted by Gasteiger charge is -2.26. The third-order valence-electron chi connectivity index (χ3n) is 3.41. The van der Waals surface area contributed by atoms with Gasteiger partial charge < -0.3 is 10.0 Å². The Morgan fingerprint density at radius 1 is 0.833 bits per heavy atom. The Bertz CT molecular complexity index is 165. The first-order chi connectivity index (χ1) is 8.72. The summed E-state index contributed by atoms with van der Waals surface area (Å²) in [5.74, 6) is 0. The molecule has 0 aromatic carbocycles. The molecule has 0 aliphatic heterocycles. The summed E-state index contributed by atoms with van der Waals surface area (Å²) in [4.78, 5) is 2.49. The topological polar surface area (TPSA) is 23.5 Å². The Morgan fingerprint density at radius 3 is 1.83 bits per heavy atom. The first kappa shape index (κ1) is 18.4. The summed E-state index contributed by atoms with van der Waals surface area (Å²) in [7, 11) is 0. The molecule has 0 fully saturated rings. The van der Waals surface area contributed by atoms with Crippen LogP contribution in [0.5, 0.6) is 0 Å². The molecule has 110 valence electrons. The van der Waals surface area contributed by atoms with Crippen LogP contribution in [0.3, 0.4) is 0 Å². The fourth-order valence-corrected chi connectivity index (χ4v) is 2.59. The van der Waals surface area contributed by atoms with Crippen LogP contribution in [-0.2, 0) is 0 Å². The number of aliphatic hydroxyl groups excluding tert-OH is 1. The van der Waals surface area contributed by atoms with Crippen molar-refractivity contribution in [3.63, 3.8) is 0 Å². The summed E-state index contributed by atoms with van der Waals surface area (Å²) >= 11 is 3.47. The predicted octanol–water partition coefficient (Wildman–Crippen LogP) is 4.20. The molecule has 0 aromatic rings. The van der Waals surface area contributed by atoms with Crippen LogP contribution in [0.1, 0.15) is 65.2 Å². The molecule has 0 aliphatic carbocycles. The molecule has 0 saturated carbocycles. The Morgan fingerprint density at radius 2 is 1.33 bits per heavy atom. The third-order valence-corrected chi connectivity index (χ3v) is 3.97. The molecule has 0 aliphatic rings. The minimum atomic E-state index is 0.316. The van der Waals surface area contributed by atoms with Gasteiger partial charge in [-0.05, 0) is 39.7 Å². The van der Waals surface area contributed by atoms with Crippen molar-refractivity contribution in [2.24, 2.45) is 0 Å². The molecule has 3 heteroatoms. The van der Waals surface area contributed by atoms with E-state index in [1.54, 1.807) is 0 Å². The van der Waals surface area contributed by atoms with E-state index in [0.29, 0.717) is 12.6 Å². The van der Waals surface area contributed by atoms with Crippen molar-refractivity contribution >= 4 is 15.9 Å². The zero-order valence-electron chi connectivity index (χ0n) is 12.3. The highest BCUT2D eigenvalue weighted by Crippen LogP contribution is 2.09. The summed E-state index contributed by atoms with van der Waals surface area (Å²) in [6.45, 7) is 7.05. The average Bonchev–Trinajstić information content (AvgIpc) is 2.35. The van der Waals surface area contributed by atoms with Crippen LogP contribution in [0.2, 0.25) is 0 Å². The van der Waals surface area contributed by atoms with Crippen LogP contribution in [0.4, 0.5) is 0 Å². The number of rotatable bonds is 13. The van der Waals surface area contributed by atoms with E-state index >= 15 is 0 Å². The van der Waals surface area contributed by atoms with Gasteiger partial charge in [-0.15, -0.1) is 0 Å². The van der Waals surface area contributed by atoms with Crippen LogP contribution in [-0.4, -0.2) is 41.1 Å². The molecule has 1 N–H and O–H groups in total. The van der Waals surface area contributed by atoms with Gasteiger partial charge in [0.25, 0.3) is 0 Å². The van der Waals surface area contributed by atoms with E-state index in [9.17, 15) is 0 Å². The number of aliphatic hydroxyl groups is 1. The van der Waals surface area contributed by atoms with Gasteiger partial charge in [-0.25, -0.2) is 0 Å². The lowest BCUT2D eigenvalue weighted by atomic mass is 10.1. The highest BCUT2D eigenvalue weighted by atomic mass is 79.9. The molecule has 0 spiro atoms. The van der Waals surface area contributed by atoms with Crippen LogP contribution >= 0.6 is 15.9 Å². The Hall–Kier alpha value is 0.400. The molecule has 0 amide bonds. The van der Waals surface area contributed by atoms with Crippen molar-refractivity contribution in [2.75, 3.05) is 25.0 Å². The van der Waals surface area contributed by atoms with E-state index in [0.717, 1.165) is 18.3 Å². The van der Waals surface area contributed by atoms with Crippen LogP contribution < -0.4 is 0 Å². The molecule has 0 bridgehead atoms. The van der Waals surface area contributed by atoms with E-state index in [2.05, 4.69) is 34.7 Å². The molecule has 0 rings (SSSR count). The Balaban J connectivity index is 3.37. The number of hydrogen-bond acceptors (Lipinski definition) is 2. The van der Waals surface area contributed by atoms with Gasteiger partial charge in [0.1, 0.15) is 0 Å². The lowest BCUT2D eigenvalue weighted by Crippen LogP contribution is -2.33. The predicted molar refractivity (Wildman–Crippen MR) is 84.5 cm³/mol. The van der Waals surface area contributed by atoms with Gasteiger partial charge in [0.2, 0.25) is 0 Å². The van der Waals surface area contributed by atoms with Gasteiger partial charge in [0.05, 0.1) is 0 Å². The average molecular weight is 322 g/mol. The molecule has 18 heavy (non-hydrogen) atoms. The number of nitrogens with zero attached hydrogens (tertiary/aromatic N) is 1. The molecule has 0 atom stereocenters. The monoisotopic (exact) mass is 321 g/mol. The summed E-state index contributed by atoms with van der Waals surface area (Å²) in [5, 5.41) is 10.0.